The summed E-state index contributed by atoms with van der Waals surface area (Å²) in [7, 11) is 0. The predicted octanol–water partition coefficient (Wildman–Crippen LogP) is 1.89. The van der Waals surface area contributed by atoms with Gasteiger partial charge < -0.3 is 0 Å². The Morgan fingerprint density at radius 2 is 1.75 bits per heavy atom. The first kappa shape index (κ1) is 9.72. The first-order valence-corrected chi connectivity index (χ1v) is 6.17. The molecule has 0 bridgehead atoms. The molecule has 2 amide bonds. The molecule has 0 N–H and O–H groups in total. The van der Waals surface area contributed by atoms with Crippen LogP contribution in [0.25, 0.3) is 0 Å². The Morgan fingerprint density at radius 1 is 1.12 bits per heavy atom. The first-order chi connectivity index (χ1) is 7.79. The highest BCUT2D eigenvalue weighted by Crippen LogP contribution is 2.35. The van der Waals surface area contributed by atoms with Crippen LogP contribution in [0.4, 0.5) is 5.13 Å². The number of amides is 2. The Morgan fingerprint density at radius 3 is 2.25 bits per heavy atom. The van der Waals surface area contributed by atoms with Crippen LogP contribution in [0.2, 0.25) is 0 Å². The van der Waals surface area contributed by atoms with E-state index in [2.05, 4.69) is 4.98 Å². The maximum atomic E-state index is 12.1. The number of aromatic nitrogens is 1. The topological polar surface area (TPSA) is 50.3 Å². The average molecular weight is 234 g/mol. The molecule has 1 aromatic rings. The molecule has 5 heteroatoms. The van der Waals surface area contributed by atoms with Crippen LogP contribution in [-0.2, 0) is 9.59 Å². The van der Waals surface area contributed by atoms with Gasteiger partial charge in [0.15, 0.2) is 5.13 Å². The van der Waals surface area contributed by atoms with Crippen molar-refractivity contribution in [1.29, 1.82) is 0 Å². The lowest BCUT2D eigenvalue weighted by Crippen LogP contribution is -2.31. The van der Waals surface area contributed by atoms with E-state index in [0.29, 0.717) is 16.3 Å². The number of thiazole rings is 1. The molecule has 0 aromatic carbocycles. The highest BCUT2D eigenvalue weighted by molar-refractivity contribution is 7.14. The van der Waals surface area contributed by atoms with Crippen molar-refractivity contribution >= 4 is 28.3 Å². The van der Waals surface area contributed by atoms with Crippen molar-refractivity contribution in [2.45, 2.75) is 25.7 Å². The zero-order valence-electron chi connectivity index (χ0n) is 8.60. The van der Waals surface area contributed by atoms with Gasteiger partial charge in [0.2, 0.25) is 0 Å². The van der Waals surface area contributed by atoms with Crippen molar-refractivity contribution in [3.05, 3.63) is 22.7 Å². The van der Waals surface area contributed by atoms with Gasteiger partial charge in [-0.3, -0.25) is 9.59 Å². The lowest BCUT2D eigenvalue weighted by Gasteiger charge is -2.09. The zero-order chi connectivity index (χ0) is 11.1. The molecule has 0 atom stereocenters. The van der Waals surface area contributed by atoms with Gasteiger partial charge in [-0.25, -0.2) is 9.88 Å². The second-order valence-corrected chi connectivity index (χ2v) is 4.80. The lowest BCUT2D eigenvalue weighted by atomic mass is 9.93. The minimum absolute atomic E-state index is 0.158. The van der Waals surface area contributed by atoms with Gasteiger partial charge in [-0.1, -0.05) is 0 Å². The maximum absolute atomic E-state index is 12.1. The molecule has 0 spiro atoms. The second-order valence-electron chi connectivity index (χ2n) is 3.92. The highest BCUT2D eigenvalue weighted by atomic mass is 32.1. The Hall–Kier alpha value is -1.49. The lowest BCUT2D eigenvalue weighted by molar-refractivity contribution is -0.120. The molecule has 2 heterocycles. The predicted molar refractivity (Wildman–Crippen MR) is 60.1 cm³/mol. The quantitative estimate of drug-likeness (QED) is 0.697. The summed E-state index contributed by atoms with van der Waals surface area (Å²) in [5, 5.41) is 2.26. The molecule has 16 heavy (non-hydrogen) atoms. The number of carbonyl (C=O) groups is 2. The molecule has 1 aliphatic carbocycles. The van der Waals surface area contributed by atoms with Crippen molar-refractivity contribution in [3.63, 3.8) is 0 Å². The summed E-state index contributed by atoms with van der Waals surface area (Å²) in [6.07, 6.45) is 5.09. The van der Waals surface area contributed by atoms with Crippen molar-refractivity contribution in [3.8, 4) is 0 Å². The SMILES string of the molecule is O=C1C2=C(CCCC2)C(=O)N1c1nccs1. The van der Waals surface area contributed by atoms with E-state index in [1.165, 1.54) is 16.2 Å². The van der Waals surface area contributed by atoms with E-state index in [-0.39, 0.29) is 11.8 Å². The van der Waals surface area contributed by atoms with E-state index in [1.807, 2.05) is 0 Å². The summed E-state index contributed by atoms with van der Waals surface area (Å²) in [4.78, 5) is 29.4. The molecule has 2 aliphatic rings. The number of nitrogens with zero attached hydrogens (tertiary/aromatic N) is 2. The van der Waals surface area contributed by atoms with Crippen LogP contribution in [-0.4, -0.2) is 16.8 Å². The van der Waals surface area contributed by atoms with Crippen LogP contribution in [0.1, 0.15) is 25.7 Å². The van der Waals surface area contributed by atoms with Crippen LogP contribution >= 0.6 is 11.3 Å². The molecule has 82 valence electrons. The van der Waals surface area contributed by atoms with Crippen molar-refractivity contribution in [2.75, 3.05) is 4.90 Å². The summed E-state index contributed by atoms with van der Waals surface area (Å²) < 4.78 is 0. The Kier molecular flexibility index (Phi) is 2.14. The van der Waals surface area contributed by atoms with Crippen LogP contribution in [0, 0.1) is 0 Å². The number of hydrogen-bond donors (Lipinski definition) is 0. The standard InChI is InChI=1S/C11H10N2O2S/c14-9-7-3-1-2-4-8(7)10(15)13(9)11-12-5-6-16-11/h5-6H,1-4H2. The van der Waals surface area contributed by atoms with Crippen LogP contribution in [0.15, 0.2) is 22.7 Å². The summed E-state index contributed by atoms with van der Waals surface area (Å²) in [6, 6.07) is 0. The molecule has 0 radical (unpaired) electrons. The normalized spacial score (nSPS) is 20.6. The molecule has 0 unspecified atom stereocenters. The second kappa shape index (κ2) is 3.52. The molecule has 1 aromatic heterocycles. The van der Waals surface area contributed by atoms with Gasteiger partial charge in [0, 0.05) is 22.7 Å². The average Bonchev–Trinajstić information content (AvgIpc) is 2.89. The number of rotatable bonds is 1. The fourth-order valence-corrected chi connectivity index (χ4v) is 2.88. The van der Waals surface area contributed by atoms with E-state index in [0.717, 1.165) is 25.7 Å². The first-order valence-electron chi connectivity index (χ1n) is 5.29. The van der Waals surface area contributed by atoms with Crippen LogP contribution in [0.5, 0.6) is 0 Å². The molecule has 1 aliphatic heterocycles. The molecule has 0 saturated heterocycles. The number of carbonyl (C=O) groups excluding carboxylic acids is 2. The zero-order valence-corrected chi connectivity index (χ0v) is 9.42. The third-order valence-corrected chi connectivity index (χ3v) is 3.76. The van der Waals surface area contributed by atoms with Gasteiger partial charge >= 0.3 is 0 Å². The summed E-state index contributed by atoms with van der Waals surface area (Å²) >= 11 is 1.32. The molecule has 0 fully saturated rings. The fraction of sp³-hybridized carbons (Fsp3) is 0.364. The Labute approximate surface area is 96.6 Å². The third kappa shape index (κ3) is 1.24. The van der Waals surface area contributed by atoms with E-state index in [1.54, 1.807) is 11.6 Å². The minimum atomic E-state index is -0.158. The summed E-state index contributed by atoms with van der Waals surface area (Å²) in [5.74, 6) is -0.315. The maximum Gasteiger partial charge on any atom is 0.263 e. The van der Waals surface area contributed by atoms with Crippen LogP contribution < -0.4 is 4.90 Å². The largest absolute Gasteiger partial charge is 0.268 e. The summed E-state index contributed by atoms with van der Waals surface area (Å²) in [6.45, 7) is 0. The van der Waals surface area contributed by atoms with E-state index < -0.39 is 0 Å². The Bertz CT molecular complexity index is 462. The molecule has 4 nitrogen and oxygen atoms in total. The van der Waals surface area contributed by atoms with Gasteiger partial charge in [0.05, 0.1) is 0 Å². The number of imide groups is 1. The Balaban J connectivity index is 2.02. The third-order valence-electron chi connectivity index (χ3n) is 3.00. The van der Waals surface area contributed by atoms with Crippen molar-refractivity contribution in [1.82, 2.24) is 4.98 Å². The fourth-order valence-electron chi connectivity index (χ4n) is 2.24. The molecule has 0 saturated carbocycles. The molecule has 3 rings (SSSR count). The van der Waals surface area contributed by atoms with Crippen molar-refractivity contribution in [2.24, 2.45) is 0 Å². The van der Waals surface area contributed by atoms with Gasteiger partial charge in [-0.15, -0.1) is 11.3 Å². The molecular formula is C11H10N2O2S. The van der Waals surface area contributed by atoms with Crippen molar-refractivity contribution < 1.29 is 9.59 Å². The highest BCUT2D eigenvalue weighted by Gasteiger charge is 2.40. The number of anilines is 1. The number of hydrogen-bond acceptors (Lipinski definition) is 4. The van der Waals surface area contributed by atoms with Crippen LogP contribution in [0.3, 0.4) is 0 Å². The minimum Gasteiger partial charge on any atom is -0.268 e. The van der Waals surface area contributed by atoms with Gasteiger partial charge in [0.1, 0.15) is 0 Å². The monoisotopic (exact) mass is 234 g/mol. The van der Waals surface area contributed by atoms with Gasteiger partial charge in [-0.05, 0) is 25.7 Å². The van der Waals surface area contributed by atoms with E-state index >= 15 is 0 Å². The van der Waals surface area contributed by atoms with Gasteiger partial charge in [0.25, 0.3) is 11.8 Å². The van der Waals surface area contributed by atoms with E-state index in [9.17, 15) is 9.59 Å². The van der Waals surface area contributed by atoms with E-state index in [4.69, 9.17) is 0 Å². The smallest absolute Gasteiger partial charge is 0.263 e. The van der Waals surface area contributed by atoms with Gasteiger partial charge in [-0.2, -0.15) is 0 Å². The summed E-state index contributed by atoms with van der Waals surface area (Å²) in [5.41, 5.74) is 1.43. The molecular weight excluding hydrogens is 224 g/mol.